The fraction of sp³-hybridized carbons (Fsp3) is 0.222. The van der Waals surface area contributed by atoms with Crippen LogP contribution in [0.5, 0.6) is 0 Å². The second-order valence-corrected chi connectivity index (χ2v) is 4.47. The molecule has 0 aromatic heterocycles. The van der Waals surface area contributed by atoms with E-state index in [1.54, 1.807) is 12.1 Å². The van der Waals surface area contributed by atoms with Crippen LogP contribution in [0.1, 0.15) is 15.9 Å². The van der Waals surface area contributed by atoms with Gasteiger partial charge in [0.25, 0.3) is 10.1 Å². The number of hydrogen-bond acceptors (Lipinski definition) is 3. The Labute approximate surface area is 111 Å². The Kier molecular flexibility index (Phi) is 5.69. The van der Waals surface area contributed by atoms with Gasteiger partial charge in [0.05, 0.1) is 0 Å². The van der Waals surface area contributed by atoms with Crippen molar-refractivity contribution in [3.8, 4) is 0 Å². The van der Waals surface area contributed by atoms with E-state index in [1.807, 2.05) is 6.92 Å². The maximum absolute atomic E-state index is 11.2. The van der Waals surface area contributed by atoms with Gasteiger partial charge in [-0.2, -0.15) is 8.42 Å². The van der Waals surface area contributed by atoms with Crippen LogP contribution in [0.15, 0.2) is 24.3 Å². The summed E-state index contributed by atoms with van der Waals surface area (Å²) in [7, 11) is -4.23. The van der Waals surface area contributed by atoms with Gasteiger partial charge in [-0.1, -0.05) is 29.8 Å². The molecule has 0 bridgehead atoms. The van der Waals surface area contributed by atoms with E-state index in [4.69, 9.17) is 4.55 Å². The number of Topliss-reactive ketones (excluding diaryl/α,β-unsaturated/α-hetero) is 1. The summed E-state index contributed by atoms with van der Waals surface area (Å²) in [6.45, 7) is 1.86. The number of carbonyl (C=O) groups excluding carboxylic acids is 1. The zero-order valence-corrected chi connectivity index (χ0v) is 11.4. The Morgan fingerprint density at radius 3 is 2.13 bits per heavy atom. The minimum atomic E-state index is -4.23. The molecule has 0 radical (unpaired) electrons. The van der Waals surface area contributed by atoms with Crippen molar-refractivity contribution >= 4 is 15.9 Å². The number of ketones is 1. The number of carbonyl (C=O) groups is 1. The fourth-order valence-electron chi connectivity index (χ4n) is 0.988. The van der Waals surface area contributed by atoms with Crippen molar-refractivity contribution in [2.24, 2.45) is 0 Å². The molecule has 0 saturated carbocycles. The smallest absolute Gasteiger partial charge is 0.293 e. The third-order valence-electron chi connectivity index (χ3n) is 1.69. The Hall–Kier alpha value is -0.200. The Morgan fingerprint density at radius 2 is 1.73 bits per heavy atom. The first-order valence-corrected chi connectivity index (χ1v) is 5.54. The molecule has 0 heterocycles. The average Bonchev–Trinajstić information content (AvgIpc) is 2.02. The van der Waals surface area contributed by atoms with Crippen molar-refractivity contribution < 1.29 is 47.3 Å². The van der Waals surface area contributed by atoms with E-state index in [0.717, 1.165) is 5.56 Å². The molecule has 0 aliphatic heterocycles. The third kappa shape index (κ3) is 5.44. The van der Waals surface area contributed by atoms with Crippen LogP contribution in [0.4, 0.5) is 0 Å². The largest absolute Gasteiger partial charge is 1.00 e. The molecule has 4 nitrogen and oxygen atoms in total. The molecular formula is C9H10NaO4S+. The van der Waals surface area contributed by atoms with Crippen molar-refractivity contribution in [3.63, 3.8) is 0 Å². The summed E-state index contributed by atoms with van der Waals surface area (Å²) in [5.74, 6) is -1.47. The van der Waals surface area contributed by atoms with Gasteiger partial charge >= 0.3 is 29.6 Å². The molecule has 76 valence electrons. The predicted molar refractivity (Wildman–Crippen MR) is 51.9 cm³/mol. The second-order valence-electron chi connectivity index (χ2n) is 3.02. The maximum Gasteiger partial charge on any atom is 1.00 e. The first-order chi connectivity index (χ1) is 6.38. The van der Waals surface area contributed by atoms with Gasteiger partial charge in [0, 0.05) is 5.56 Å². The third-order valence-corrected chi connectivity index (χ3v) is 2.31. The van der Waals surface area contributed by atoms with Gasteiger partial charge < -0.3 is 0 Å². The van der Waals surface area contributed by atoms with Gasteiger partial charge in [-0.05, 0) is 6.92 Å². The molecule has 1 N–H and O–H groups in total. The standard InChI is InChI=1S/C9H10O4S.Na/c1-7-2-4-8(5-3-7)9(10)6-14(11,12)13;/h2-5H,6H2,1H3,(H,11,12,13);/q;+1. The van der Waals surface area contributed by atoms with Crippen LogP contribution in [0.2, 0.25) is 0 Å². The number of aryl methyl sites for hydroxylation is 1. The minimum absolute atomic E-state index is 0. The van der Waals surface area contributed by atoms with Crippen LogP contribution >= 0.6 is 0 Å². The summed E-state index contributed by atoms with van der Waals surface area (Å²) >= 11 is 0. The van der Waals surface area contributed by atoms with Crippen LogP contribution in [-0.2, 0) is 10.1 Å². The van der Waals surface area contributed by atoms with E-state index in [0.29, 0.717) is 0 Å². The topological polar surface area (TPSA) is 71.4 Å². The van der Waals surface area contributed by atoms with E-state index in [-0.39, 0.29) is 35.1 Å². The molecule has 15 heavy (non-hydrogen) atoms. The summed E-state index contributed by atoms with van der Waals surface area (Å²) < 4.78 is 29.3. The molecule has 1 aromatic rings. The minimum Gasteiger partial charge on any atom is -0.293 e. The Bertz CT molecular complexity index is 436. The van der Waals surface area contributed by atoms with Gasteiger partial charge in [0.2, 0.25) is 0 Å². The molecular weight excluding hydrogens is 227 g/mol. The molecule has 1 rings (SSSR count). The van der Waals surface area contributed by atoms with Gasteiger partial charge in [-0.15, -0.1) is 0 Å². The number of benzene rings is 1. The molecule has 0 saturated heterocycles. The molecule has 0 spiro atoms. The molecule has 6 heteroatoms. The summed E-state index contributed by atoms with van der Waals surface area (Å²) in [6, 6.07) is 6.47. The number of rotatable bonds is 3. The summed E-state index contributed by atoms with van der Waals surface area (Å²) in [5.41, 5.74) is 1.27. The van der Waals surface area contributed by atoms with Crippen LogP contribution in [0.25, 0.3) is 0 Å². The molecule has 0 unspecified atom stereocenters. The molecule has 0 aliphatic rings. The van der Waals surface area contributed by atoms with Gasteiger partial charge in [-0.3, -0.25) is 9.35 Å². The van der Waals surface area contributed by atoms with Crippen LogP contribution in [0.3, 0.4) is 0 Å². The second kappa shape index (κ2) is 5.77. The molecule has 0 aliphatic carbocycles. The van der Waals surface area contributed by atoms with E-state index in [9.17, 15) is 13.2 Å². The van der Waals surface area contributed by atoms with Crippen LogP contribution < -0.4 is 29.6 Å². The number of hydrogen-bond donors (Lipinski definition) is 1. The van der Waals surface area contributed by atoms with E-state index in [2.05, 4.69) is 0 Å². The van der Waals surface area contributed by atoms with E-state index < -0.39 is 21.7 Å². The summed E-state index contributed by atoms with van der Waals surface area (Å²) in [5, 5.41) is 0. The first-order valence-electron chi connectivity index (χ1n) is 3.93. The fourth-order valence-corrected chi connectivity index (χ4v) is 1.49. The predicted octanol–water partition coefficient (Wildman–Crippen LogP) is -1.93. The molecule has 0 atom stereocenters. The Balaban J connectivity index is 0.00000196. The van der Waals surface area contributed by atoms with Crippen molar-refractivity contribution in [1.29, 1.82) is 0 Å². The summed E-state index contributed by atoms with van der Waals surface area (Å²) in [6.07, 6.45) is 0. The van der Waals surface area contributed by atoms with E-state index >= 15 is 0 Å². The van der Waals surface area contributed by atoms with Crippen molar-refractivity contribution in [2.45, 2.75) is 6.92 Å². The quantitative estimate of drug-likeness (QED) is 0.377. The Morgan fingerprint density at radius 1 is 1.27 bits per heavy atom. The molecule has 1 aromatic carbocycles. The van der Waals surface area contributed by atoms with Crippen LogP contribution in [-0.4, -0.2) is 24.5 Å². The van der Waals surface area contributed by atoms with E-state index in [1.165, 1.54) is 12.1 Å². The zero-order chi connectivity index (χ0) is 10.8. The van der Waals surface area contributed by atoms with Gasteiger partial charge in [0.1, 0.15) is 5.75 Å². The van der Waals surface area contributed by atoms with Gasteiger partial charge in [0.15, 0.2) is 5.78 Å². The monoisotopic (exact) mass is 237 g/mol. The zero-order valence-electron chi connectivity index (χ0n) is 8.60. The van der Waals surface area contributed by atoms with Gasteiger partial charge in [-0.25, -0.2) is 0 Å². The maximum atomic E-state index is 11.2. The normalized spacial score (nSPS) is 10.5. The van der Waals surface area contributed by atoms with Crippen LogP contribution in [0, 0.1) is 6.92 Å². The molecule has 0 fully saturated rings. The summed E-state index contributed by atoms with van der Waals surface area (Å²) in [4.78, 5) is 11.2. The first kappa shape index (κ1) is 14.8. The van der Waals surface area contributed by atoms with Crippen molar-refractivity contribution in [2.75, 3.05) is 5.75 Å². The van der Waals surface area contributed by atoms with Crippen molar-refractivity contribution in [3.05, 3.63) is 35.4 Å². The average molecular weight is 237 g/mol. The van der Waals surface area contributed by atoms with Crippen molar-refractivity contribution in [1.82, 2.24) is 0 Å². The SMILES string of the molecule is Cc1ccc(C(=O)CS(=O)(=O)O)cc1.[Na+]. The molecule has 0 amide bonds.